The predicted octanol–water partition coefficient (Wildman–Crippen LogP) is 2.11. The van der Waals surface area contributed by atoms with Crippen LogP contribution in [0, 0.1) is 0 Å². The lowest BCUT2D eigenvalue weighted by Crippen LogP contribution is -2.33. The lowest BCUT2D eigenvalue weighted by Gasteiger charge is -2.27. The Bertz CT molecular complexity index is 317. The van der Waals surface area contributed by atoms with Gasteiger partial charge in [-0.1, -0.05) is 11.6 Å². The first-order chi connectivity index (χ1) is 7.24. The lowest BCUT2D eigenvalue weighted by molar-refractivity contribution is 0.0231. The first kappa shape index (κ1) is 10.6. The van der Waals surface area contributed by atoms with Crippen molar-refractivity contribution >= 4 is 17.5 Å². The summed E-state index contributed by atoms with van der Waals surface area (Å²) >= 11 is 5.70. The van der Waals surface area contributed by atoms with Gasteiger partial charge in [-0.25, -0.2) is 9.97 Å². The van der Waals surface area contributed by atoms with Gasteiger partial charge in [0.05, 0.1) is 23.5 Å². The molecule has 1 aliphatic rings. The second-order valence-corrected chi connectivity index (χ2v) is 4.21. The average Bonchev–Trinajstić information content (AvgIpc) is 2.22. The van der Waals surface area contributed by atoms with Gasteiger partial charge >= 0.3 is 0 Å². The molecule has 2 heterocycles. The van der Waals surface area contributed by atoms with E-state index in [-0.39, 0.29) is 0 Å². The van der Waals surface area contributed by atoms with E-state index in [9.17, 15) is 0 Å². The van der Waals surface area contributed by atoms with Crippen molar-refractivity contribution in [1.29, 1.82) is 0 Å². The summed E-state index contributed by atoms with van der Waals surface area (Å²) in [6.07, 6.45) is 5.49. The molecule has 1 fully saturated rings. The van der Waals surface area contributed by atoms with Gasteiger partial charge in [-0.3, -0.25) is 0 Å². The summed E-state index contributed by atoms with van der Waals surface area (Å²) in [5.41, 5.74) is 0. The molecule has 1 aliphatic heterocycles. The molecular formula is C10H14ClN3O. The van der Waals surface area contributed by atoms with Crippen LogP contribution >= 0.6 is 11.6 Å². The van der Waals surface area contributed by atoms with Crippen LogP contribution in [0.25, 0.3) is 0 Å². The van der Waals surface area contributed by atoms with E-state index in [0.717, 1.165) is 19.4 Å². The van der Waals surface area contributed by atoms with Gasteiger partial charge < -0.3 is 10.1 Å². The Morgan fingerprint density at radius 1 is 1.47 bits per heavy atom. The molecule has 0 aromatic carbocycles. The molecule has 2 atom stereocenters. The number of halogens is 1. The van der Waals surface area contributed by atoms with Crippen molar-refractivity contribution in [3.63, 3.8) is 0 Å². The number of anilines is 1. The summed E-state index contributed by atoms with van der Waals surface area (Å²) in [6, 6.07) is 0.398. The summed E-state index contributed by atoms with van der Waals surface area (Å²) in [6.45, 7) is 2.88. The highest BCUT2D eigenvalue weighted by molar-refractivity contribution is 6.30. The number of rotatable bonds is 2. The molecule has 0 radical (unpaired) electrons. The van der Waals surface area contributed by atoms with Crippen molar-refractivity contribution in [3.05, 3.63) is 17.4 Å². The van der Waals surface area contributed by atoms with Crippen LogP contribution in [0.15, 0.2) is 12.4 Å². The van der Waals surface area contributed by atoms with Gasteiger partial charge in [0.25, 0.3) is 0 Å². The molecule has 15 heavy (non-hydrogen) atoms. The zero-order chi connectivity index (χ0) is 10.7. The number of aromatic nitrogens is 2. The van der Waals surface area contributed by atoms with Crippen LogP contribution in [0.5, 0.6) is 0 Å². The molecule has 1 saturated heterocycles. The zero-order valence-corrected chi connectivity index (χ0v) is 9.37. The summed E-state index contributed by atoms with van der Waals surface area (Å²) in [5, 5.41) is 3.83. The fraction of sp³-hybridized carbons (Fsp3) is 0.600. The summed E-state index contributed by atoms with van der Waals surface area (Å²) < 4.78 is 5.46. The molecule has 0 saturated carbocycles. The van der Waals surface area contributed by atoms with E-state index in [1.54, 1.807) is 12.4 Å². The highest BCUT2D eigenvalue weighted by Gasteiger charge is 2.19. The van der Waals surface area contributed by atoms with Crippen molar-refractivity contribution in [2.24, 2.45) is 0 Å². The minimum absolute atomic E-state index is 0.309. The highest BCUT2D eigenvalue weighted by atomic mass is 35.5. The van der Waals surface area contributed by atoms with Crippen LogP contribution in [0.3, 0.4) is 0 Å². The maximum Gasteiger partial charge on any atom is 0.222 e. The van der Waals surface area contributed by atoms with E-state index in [1.807, 2.05) is 0 Å². The Labute approximate surface area is 94.0 Å². The SMILES string of the molecule is CC1CC(Nc2ncc(Cl)cn2)CCO1. The van der Waals surface area contributed by atoms with Gasteiger partial charge in [0.15, 0.2) is 0 Å². The molecule has 2 unspecified atom stereocenters. The summed E-state index contributed by atoms with van der Waals surface area (Å²) in [4.78, 5) is 8.20. The molecule has 1 N–H and O–H groups in total. The smallest absolute Gasteiger partial charge is 0.222 e. The molecule has 0 spiro atoms. The standard InChI is InChI=1S/C10H14ClN3O/c1-7-4-9(2-3-15-7)14-10-12-5-8(11)6-13-10/h5-7,9H,2-4H2,1H3,(H,12,13,14). The second kappa shape index (κ2) is 4.77. The van der Waals surface area contributed by atoms with Crippen molar-refractivity contribution in [1.82, 2.24) is 9.97 Å². The van der Waals surface area contributed by atoms with Crippen molar-refractivity contribution in [2.45, 2.75) is 31.9 Å². The monoisotopic (exact) mass is 227 g/mol. The third-order valence-corrected chi connectivity index (χ3v) is 2.63. The Balaban J connectivity index is 1.93. The van der Waals surface area contributed by atoms with Crippen molar-refractivity contribution < 1.29 is 4.74 Å². The summed E-state index contributed by atoms with van der Waals surface area (Å²) in [5.74, 6) is 0.638. The van der Waals surface area contributed by atoms with E-state index in [2.05, 4.69) is 22.2 Å². The minimum Gasteiger partial charge on any atom is -0.378 e. The van der Waals surface area contributed by atoms with E-state index >= 15 is 0 Å². The van der Waals surface area contributed by atoms with Gasteiger partial charge in [-0.05, 0) is 19.8 Å². The predicted molar refractivity (Wildman–Crippen MR) is 59.1 cm³/mol. The number of nitrogens with one attached hydrogen (secondary N) is 1. The normalized spacial score (nSPS) is 26.3. The lowest BCUT2D eigenvalue weighted by atomic mass is 10.0. The quantitative estimate of drug-likeness (QED) is 0.841. The molecule has 0 amide bonds. The zero-order valence-electron chi connectivity index (χ0n) is 8.61. The van der Waals surface area contributed by atoms with E-state index in [1.165, 1.54) is 0 Å². The molecule has 82 valence electrons. The Hall–Kier alpha value is -0.870. The Morgan fingerprint density at radius 3 is 2.87 bits per heavy atom. The Morgan fingerprint density at radius 2 is 2.20 bits per heavy atom. The highest BCUT2D eigenvalue weighted by Crippen LogP contribution is 2.16. The number of hydrogen-bond acceptors (Lipinski definition) is 4. The molecule has 0 aliphatic carbocycles. The maximum atomic E-state index is 5.70. The fourth-order valence-corrected chi connectivity index (χ4v) is 1.80. The van der Waals surface area contributed by atoms with Crippen molar-refractivity contribution in [3.8, 4) is 0 Å². The van der Waals surface area contributed by atoms with Crippen LogP contribution in [-0.2, 0) is 4.74 Å². The van der Waals surface area contributed by atoms with Gasteiger partial charge in [-0.2, -0.15) is 0 Å². The number of ether oxygens (including phenoxy) is 1. The van der Waals surface area contributed by atoms with Crippen LogP contribution in [0.4, 0.5) is 5.95 Å². The summed E-state index contributed by atoms with van der Waals surface area (Å²) in [7, 11) is 0. The molecule has 1 aromatic rings. The van der Waals surface area contributed by atoms with E-state index < -0.39 is 0 Å². The molecule has 1 aromatic heterocycles. The van der Waals surface area contributed by atoms with Gasteiger partial charge in [-0.15, -0.1) is 0 Å². The third-order valence-electron chi connectivity index (χ3n) is 2.44. The second-order valence-electron chi connectivity index (χ2n) is 3.77. The van der Waals surface area contributed by atoms with Crippen LogP contribution in [0.1, 0.15) is 19.8 Å². The number of nitrogens with zero attached hydrogens (tertiary/aromatic N) is 2. The van der Waals surface area contributed by atoms with E-state index in [0.29, 0.717) is 23.1 Å². The van der Waals surface area contributed by atoms with Crippen LogP contribution in [-0.4, -0.2) is 28.7 Å². The Kier molecular flexibility index (Phi) is 3.38. The van der Waals surface area contributed by atoms with Crippen LogP contribution < -0.4 is 5.32 Å². The molecule has 0 bridgehead atoms. The maximum absolute atomic E-state index is 5.70. The minimum atomic E-state index is 0.309. The van der Waals surface area contributed by atoms with Gasteiger partial charge in [0, 0.05) is 12.6 Å². The first-order valence-corrected chi connectivity index (χ1v) is 5.47. The molecule has 2 rings (SSSR count). The topological polar surface area (TPSA) is 47.0 Å². The fourth-order valence-electron chi connectivity index (χ4n) is 1.70. The largest absolute Gasteiger partial charge is 0.378 e. The van der Waals surface area contributed by atoms with E-state index in [4.69, 9.17) is 16.3 Å². The van der Waals surface area contributed by atoms with Crippen molar-refractivity contribution in [2.75, 3.05) is 11.9 Å². The van der Waals surface area contributed by atoms with Crippen LogP contribution in [0.2, 0.25) is 5.02 Å². The van der Waals surface area contributed by atoms with Gasteiger partial charge in [0.2, 0.25) is 5.95 Å². The average molecular weight is 228 g/mol. The molecular weight excluding hydrogens is 214 g/mol. The molecule has 5 heteroatoms. The number of hydrogen-bond donors (Lipinski definition) is 1. The third kappa shape index (κ3) is 3.04. The molecule has 4 nitrogen and oxygen atoms in total. The first-order valence-electron chi connectivity index (χ1n) is 5.10. The van der Waals surface area contributed by atoms with Gasteiger partial charge in [0.1, 0.15) is 0 Å².